The van der Waals surface area contributed by atoms with Crippen LogP contribution in [0.5, 0.6) is 0 Å². The van der Waals surface area contributed by atoms with Crippen molar-refractivity contribution in [3.63, 3.8) is 0 Å². The molecule has 4 rings (SSSR count). The molecule has 0 saturated heterocycles. The van der Waals surface area contributed by atoms with E-state index in [1.165, 1.54) is 0 Å². The van der Waals surface area contributed by atoms with E-state index in [4.69, 9.17) is 4.42 Å². The molecule has 1 aromatic heterocycles. The summed E-state index contributed by atoms with van der Waals surface area (Å²) >= 11 is 0. The minimum atomic E-state index is -0.568. The zero-order chi connectivity index (χ0) is 16.5. The molecule has 4 aromatic rings. The van der Waals surface area contributed by atoms with E-state index in [9.17, 15) is 9.59 Å². The fraction of sp³-hybridized carbons (Fsp3) is 0. The summed E-state index contributed by atoms with van der Waals surface area (Å²) in [4.78, 5) is 24.4. The first kappa shape index (κ1) is 14.2. The fourth-order valence-corrected chi connectivity index (χ4v) is 2.74. The summed E-state index contributed by atoms with van der Waals surface area (Å²) in [5, 5.41) is 5.43. The van der Waals surface area contributed by atoms with Crippen molar-refractivity contribution in [2.24, 2.45) is 0 Å². The second-order valence-electron chi connectivity index (χ2n) is 5.47. The van der Waals surface area contributed by atoms with Crippen molar-refractivity contribution >= 4 is 33.3 Å². The lowest BCUT2D eigenvalue weighted by molar-refractivity contribution is 0.102. The van der Waals surface area contributed by atoms with E-state index in [0.717, 1.165) is 16.2 Å². The number of hydrogen-bond donors (Lipinski definition) is 1. The molecule has 4 heteroatoms. The van der Waals surface area contributed by atoms with Crippen molar-refractivity contribution in [1.82, 2.24) is 0 Å². The predicted octanol–water partition coefficient (Wildman–Crippen LogP) is 4.20. The van der Waals surface area contributed by atoms with Crippen LogP contribution in [-0.4, -0.2) is 5.91 Å². The maximum Gasteiger partial charge on any atom is 0.360 e. The van der Waals surface area contributed by atoms with E-state index in [1.807, 2.05) is 36.4 Å². The van der Waals surface area contributed by atoms with Gasteiger partial charge in [0.1, 0.15) is 11.3 Å². The van der Waals surface area contributed by atoms with Crippen LogP contribution in [0.2, 0.25) is 0 Å². The van der Waals surface area contributed by atoms with Crippen LogP contribution in [0.4, 0.5) is 5.69 Å². The Hall–Kier alpha value is -3.40. The number of nitrogens with one attached hydrogen (secondary N) is 1. The number of fused-ring (bicyclic) bond motifs is 3. The van der Waals surface area contributed by atoms with Gasteiger partial charge in [0.25, 0.3) is 5.91 Å². The topological polar surface area (TPSA) is 59.3 Å². The molecule has 0 unspecified atom stereocenters. The number of benzene rings is 3. The summed E-state index contributed by atoms with van der Waals surface area (Å²) in [6.45, 7) is 0. The van der Waals surface area contributed by atoms with Crippen molar-refractivity contribution in [1.29, 1.82) is 0 Å². The normalized spacial score (nSPS) is 10.8. The lowest BCUT2D eigenvalue weighted by atomic mass is 10.1. The third-order valence-electron chi connectivity index (χ3n) is 3.93. The molecule has 0 spiro atoms. The van der Waals surface area contributed by atoms with Gasteiger partial charge in [0.2, 0.25) is 0 Å². The molecule has 1 heterocycles. The molecule has 0 bridgehead atoms. The Morgan fingerprint density at radius 1 is 0.833 bits per heavy atom. The molecule has 3 aromatic carbocycles. The van der Waals surface area contributed by atoms with Crippen LogP contribution in [-0.2, 0) is 0 Å². The smallest absolute Gasteiger partial charge is 0.360 e. The van der Waals surface area contributed by atoms with Gasteiger partial charge in [-0.15, -0.1) is 0 Å². The highest BCUT2D eigenvalue weighted by molar-refractivity contribution is 6.08. The molecular formula is C20H13NO3. The van der Waals surface area contributed by atoms with Gasteiger partial charge in [-0.1, -0.05) is 48.5 Å². The van der Waals surface area contributed by atoms with Gasteiger partial charge in [0.15, 0.2) is 0 Å². The monoisotopic (exact) mass is 315 g/mol. The number of rotatable bonds is 2. The second kappa shape index (κ2) is 5.66. The van der Waals surface area contributed by atoms with Gasteiger partial charge in [0, 0.05) is 10.9 Å². The highest BCUT2D eigenvalue weighted by Gasteiger charge is 2.12. The van der Waals surface area contributed by atoms with Gasteiger partial charge in [-0.3, -0.25) is 4.79 Å². The molecule has 0 atom stereocenters. The SMILES string of the molecule is O=C(Nc1cc2c(ccc3ccccc32)oc1=O)c1ccccc1. The number of hydrogen-bond acceptors (Lipinski definition) is 3. The summed E-state index contributed by atoms with van der Waals surface area (Å²) in [5.41, 5.74) is 0.543. The summed E-state index contributed by atoms with van der Waals surface area (Å²) in [6.07, 6.45) is 0. The maximum absolute atomic E-state index is 12.3. The van der Waals surface area contributed by atoms with Crippen LogP contribution in [0.1, 0.15) is 10.4 Å². The van der Waals surface area contributed by atoms with Gasteiger partial charge >= 0.3 is 5.63 Å². The zero-order valence-corrected chi connectivity index (χ0v) is 12.7. The summed E-state index contributed by atoms with van der Waals surface area (Å²) in [6, 6.07) is 21.9. The lowest BCUT2D eigenvalue weighted by Gasteiger charge is -2.07. The molecule has 1 amide bonds. The lowest BCUT2D eigenvalue weighted by Crippen LogP contribution is -2.17. The van der Waals surface area contributed by atoms with Crippen LogP contribution >= 0.6 is 0 Å². The van der Waals surface area contributed by atoms with Crippen LogP contribution in [0.15, 0.2) is 82.0 Å². The minimum absolute atomic E-state index is 0.132. The average molecular weight is 315 g/mol. The Balaban J connectivity index is 1.84. The van der Waals surface area contributed by atoms with E-state index < -0.39 is 5.63 Å². The Morgan fingerprint density at radius 2 is 1.58 bits per heavy atom. The van der Waals surface area contributed by atoms with Gasteiger partial charge in [0.05, 0.1) is 0 Å². The van der Waals surface area contributed by atoms with Crippen molar-refractivity contribution in [3.8, 4) is 0 Å². The summed E-state index contributed by atoms with van der Waals surface area (Å²) < 4.78 is 5.37. The van der Waals surface area contributed by atoms with Crippen molar-refractivity contribution in [2.45, 2.75) is 0 Å². The van der Waals surface area contributed by atoms with E-state index in [1.54, 1.807) is 36.4 Å². The van der Waals surface area contributed by atoms with Gasteiger partial charge in [-0.05, 0) is 35.0 Å². The van der Waals surface area contributed by atoms with Gasteiger partial charge < -0.3 is 9.73 Å². The molecule has 0 aliphatic rings. The first-order chi connectivity index (χ1) is 11.7. The van der Waals surface area contributed by atoms with E-state index in [2.05, 4.69) is 5.32 Å². The Morgan fingerprint density at radius 3 is 2.42 bits per heavy atom. The van der Waals surface area contributed by atoms with E-state index in [0.29, 0.717) is 11.1 Å². The van der Waals surface area contributed by atoms with Crippen molar-refractivity contribution < 1.29 is 9.21 Å². The van der Waals surface area contributed by atoms with Gasteiger partial charge in [-0.2, -0.15) is 0 Å². The van der Waals surface area contributed by atoms with Crippen LogP contribution in [0, 0.1) is 0 Å². The van der Waals surface area contributed by atoms with Crippen LogP contribution in [0.3, 0.4) is 0 Å². The minimum Gasteiger partial charge on any atom is -0.421 e. The predicted molar refractivity (Wildman–Crippen MR) is 94.4 cm³/mol. The largest absolute Gasteiger partial charge is 0.421 e. The second-order valence-corrected chi connectivity index (χ2v) is 5.47. The first-order valence-electron chi connectivity index (χ1n) is 7.54. The number of carbonyl (C=O) groups is 1. The average Bonchev–Trinajstić information content (AvgIpc) is 2.63. The molecule has 4 nitrogen and oxygen atoms in total. The number of carbonyl (C=O) groups excluding carboxylic acids is 1. The van der Waals surface area contributed by atoms with Crippen molar-refractivity contribution in [2.75, 3.05) is 5.32 Å². The highest BCUT2D eigenvalue weighted by atomic mass is 16.4. The molecule has 1 N–H and O–H groups in total. The first-order valence-corrected chi connectivity index (χ1v) is 7.54. The fourth-order valence-electron chi connectivity index (χ4n) is 2.74. The Labute approximate surface area is 137 Å². The Bertz CT molecular complexity index is 1110. The van der Waals surface area contributed by atoms with Gasteiger partial charge in [-0.25, -0.2) is 4.79 Å². The molecule has 0 radical (unpaired) electrons. The molecule has 0 fully saturated rings. The molecule has 0 saturated carbocycles. The molecule has 24 heavy (non-hydrogen) atoms. The highest BCUT2D eigenvalue weighted by Crippen LogP contribution is 2.26. The number of anilines is 1. The molecule has 116 valence electrons. The third kappa shape index (κ3) is 2.44. The maximum atomic E-state index is 12.3. The van der Waals surface area contributed by atoms with E-state index in [-0.39, 0.29) is 11.6 Å². The molecule has 0 aliphatic heterocycles. The quantitative estimate of drug-likeness (QED) is 0.445. The van der Waals surface area contributed by atoms with Crippen LogP contribution in [0.25, 0.3) is 21.7 Å². The third-order valence-corrected chi connectivity index (χ3v) is 3.93. The standard InChI is InChI=1S/C20H13NO3/c22-19(14-7-2-1-3-8-14)21-17-12-16-15-9-5-4-6-13(15)10-11-18(16)24-20(17)23/h1-12H,(H,21,22). The molecular weight excluding hydrogens is 302 g/mol. The van der Waals surface area contributed by atoms with Crippen molar-refractivity contribution in [3.05, 3.63) is 88.8 Å². The van der Waals surface area contributed by atoms with Crippen LogP contribution < -0.4 is 10.9 Å². The molecule has 0 aliphatic carbocycles. The Kier molecular flexibility index (Phi) is 3.35. The number of amides is 1. The summed E-state index contributed by atoms with van der Waals surface area (Å²) in [5.74, 6) is -0.345. The zero-order valence-electron chi connectivity index (χ0n) is 12.7. The van der Waals surface area contributed by atoms with E-state index >= 15 is 0 Å². The summed E-state index contributed by atoms with van der Waals surface area (Å²) in [7, 11) is 0.